The number of hydrogen-bond donors (Lipinski definition) is 0. The summed E-state index contributed by atoms with van der Waals surface area (Å²) in [5.41, 5.74) is 22.5. The molecule has 1 aromatic heterocycles. The second-order valence-corrected chi connectivity index (χ2v) is 19.4. The van der Waals surface area contributed by atoms with E-state index in [0.29, 0.717) is 0 Å². The number of anilines is 3. The van der Waals surface area contributed by atoms with Gasteiger partial charge in [-0.25, -0.2) is 0 Å². The smallest absolute Gasteiger partial charge is 0.136 e. The molecule has 0 saturated carbocycles. The molecule has 0 aliphatic heterocycles. The van der Waals surface area contributed by atoms with Crippen molar-refractivity contribution in [2.45, 2.75) is 84.0 Å². The van der Waals surface area contributed by atoms with Crippen LogP contribution >= 0.6 is 0 Å². The predicted molar refractivity (Wildman–Crippen MR) is 240 cm³/mol. The number of fused-ring (bicyclic) bond motifs is 12. The number of furan rings is 1. The summed E-state index contributed by atoms with van der Waals surface area (Å²) in [5.74, 6) is 0. The van der Waals surface area contributed by atoms with Gasteiger partial charge >= 0.3 is 0 Å². The first-order valence-electron chi connectivity index (χ1n) is 20.6. The van der Waals surface area contributed by atoms with E-state index >= 15 is 0 Å². The van der Waals surface area contributed by atoms with Crippen LogP contribution in [0.3, 0.4) is 0 Å². The maximum Gasteiger partial charge on any atom is 0.136 e. The summed E-state index contributed by atoms with van der Waals surface area (Å²) in [7, 11) is 0. The molecule has 3 aliphatic carbocycles. The Kier molecular flexibility index (Phi) is 6.74. The highest BCUT2D eigenvalue weighted by Gasteiger charge is 2.40. The van der Waals surface area contributed by atoms with Crippen LogP contribution in [0.15, 0.2) is 138 Å². The van der Waals surface area contributed by atoms with Crippen molar-refractivity contribution in [3.63, 3.8) is 0 Å². The third kappa shape index (κ3) is 4.59. The molecule has 0 amide bonds. The normalized spacial score (nSPS) is 16.2. The van der Waals surface area contributed by atoms with Crippen molar-refractivity contribution >= 4 is 39.0 Å². The molecule has 2 nitrogen and oxygen atoms in total. The molecule has 0 unspecified atom stereocenters. The highest BCUT2D eigenvalue weighted by molar-refractivity contribution is 6.09. The Morgan fingerprint density at radius 2 is 0.877 bits per heavy atom. The van der Waals surface area contributed by atoms with Crippen LogP contribution in [0.25, 0.3) is 55.3 Å². The number of rotatable bonds is 3. The van der Waals surface area contributed by atoms with Crippen molar-refractivity contribution < 1.29 is 4.42 Å². The third-order valence-electron chi connectivity index (χ3n) is 14.0. The molecule has 7 aromatic carbocycles. The van der Waals surface area contributed by atoms with E-state index < -0.39 is 0 Å². The maximum atomic E-state index is 6.68. The Morgan fingerprint density at radius 1 is 0.404 bits per heavy atom. The van der Waals surface area contributed by atoms with E-state index in [-0.39, 0.29) is 21.7 Å². The van der Waals surface area contributed by atoms with E-state index in [1.165, 1.54) is 94.5 Å². The van der Waals surface area contributed by atoms with Crippen LogP contribution in [-0.4, -0.2) is 0 Å². The van der Waals surface area contributed by atoms with E-state index in [9.17, 15) is 0 Å². The van der Waals surface area contributed by atoms with Gasteiger partial charge in [-0.2, -0.15) is 0 Å². The van der Waals surface area contributed by atoms with Gasteiger partial charge in [0, 0.05) is 44.1 Å². The first kappa shape index (κ1) is 34.4. The average Bonchev–Trinajstić information content (AvgIpc) is 3.82. The van der Waals surface area contributed by atoms with Gasteiger partial charge in [-0.05, 0) is 132 Å². The summed E-state index contributed by atoms with van der Waals surface area (Å²) >= 11 is 0. The zero-order valence-corrected chi connectivity index (χ0v) is 34.6. The first-order chi connectivity index (χ1) is 27.2. The highest BCUT2D eigenvalue weighted by atomic mass is 16.3. The largest absolute Gasteiger partial charge is 0.456 e. The lowest BCUT2D eigenvalue weighted by Crippen LogP contribution is -2.18. The van der Waals surface area contributed by atoms with Crippen molar-refractivity contribution in [2.24, 2.45) is 0 Å². The summed E-state index contributed by atoms with van der Waals surface area (Å²) in [6.45, 7) is 21.1. The van der Waals surface area contributed by atoms with Gasteiger partial charge < -0.3 is 9.32 Å². The molecule has 8 aromatic rings. The second kappa shape index (κ2) is 11.2. The molecular formula is C55H49NO. The van der Waals surface area contributed by atoms with Crippen LogP contribution in [0.4, 0.5) is 17.1 Å². The van der Waals surface area contributed by atoms with Crippen LogP contribution in [0, 0.1) is 0 Å². The minimum absolute atomic E-state index is 0.00269. The van der Waals surface area contributed by atoms with Crippen molar-refractivity contribution in [1.82, 2.24) is 0 Å². The standard InChI is InChI=1S/C55H49NO/c1-52(2,3)45-19-14-20-49-51(45)41-30-48-40(31-50(41)57-49)39-27-32(23-26-44(39)55(48,8)9)56(33-21-24-37-35-15-10-12-17-42(35)53(4,5)46(37)28-33)34-22-25-38-36-16-11-13-18-43(36)54(6,7)47(38)29-34/h10-31H,1-9H3. The van der Waals surface area contributed by atoms with E-state index in [0.717, 1.165) is 16.9 Å². The molecule has 0 atom stereocenters. The van der Waals surface area contributed by atoms with Gasteiger partial charge in [0.15, 0.2) is 0 Å². The quantitative estimate of drug-likeness (QED) is 0.179. The number of benzene rings is 7. The Morgan fingerprint density at radius 3 is 1.46 bits per heavy atom. The molecule has 0 bridgehead atoms. The van der Waals surface area contributed by atoms with E-state index in [2.05, 4.69) is 201 Å². The summed E-state index contributed by atoms with van der Waals surface area (Å²) in [6, 6.07) is 50.6. The average molecular weight is 740 g/mol. The Balaban J connectivity index is 1.12. The Labute approximate surface area is 336 Å². The SMILES string of the molecule is CC(C)(C)c1cccc2oc3cc4c(cc3c12)C(C)(C)c1ccc(N(c2ccc3c(c2)C(C)(C)c2ccccc2-3)c2ccc3c(c2)C(C)(C)c2ccccc2-3)cc1-4. The van der Waals surface area contributed by atoms with Gasteiger partial charge in [0.1, 0.15) is 11.2 Å². The zero-order valence-electron chi connectivity index (χ0n) is 34.6. The zero-order chi connectivity index (χ0) is 39.4. The first-order valence-corrected chi connectivity index (χ1v) is 20.6. The molecule has 0 radical (unpaired) electrons. The van der Waals surface area contributed by atoms with Crippen LogP contribution in [-0.2, 0) is 21.7 Å². The fraction of sp³-hybridized carbons (Fsp3) is 0.236. The van der Waals surface area contributed by atoms with Crippen molar-refractivity contribution in [3.8, 4) is 33.4 Å². The fourth-order valence-electron chi connectivity index (χ4n) is 10.9. The molecule has 11 rings (SSSR count). The summed E-state index contributed by atoms with van der Waals surface area (Å²) in [4.78, 5) is 2.50. The van der Waals surface area contributed by atoms with Gasteiger partial charge in [0.05, 0.1) is 0 Å². The second-order valence-electron chi connectivity index (χ2n) is 19.4. The van der Waals surface area contributed by atoms with E-state index in [1.54, 1.807) is 0 Å². The number of hydrogen-bond acceptors (Lipinski definition) is 2. The highest BCUT2D eigenvalue weighted by Crippen LogP contribution is 2.56. The molecule has 280 valence electrons. The Hall–Kier alpha value is -5.86. The van der Waals surface area contributed by atoms with Crippen LogP contribution in [0.5, 0.6) is 0 Å². The minimum Gasteiger partial charge on any atom is -0.456 e. The third-order valence-corrected chi connectivity index (χ3v) is 14.0. The van der Waals surface area contributed by atoms with Crippen molar-refractivity contribution in [3.05, 3.63) is 172 Å². The molecular weight excluding hydrogens is 691 g/mol. The van der Waals surface area contributed by atoms with Gasteiger partial charge in [0.25, 0.3) is 0 Å². The lowest BCUT2D eigenvalue weighted by molar-refractivity contribution is 0.594. The van der Waals surface area contributed by atoms with Crippen LogP contribution < -0.4 is 4.90 Å². The summed E-state index contributed by atoms with van der Waals surface area (Å²) in [5, 5.41) is 2.45. The fourth-order valence-corrected chi connectivity index (χ4v) is 10.9. The molecule has 3 aliphatic rings. The van der Waals surface area contributed by atoms with Crippen molar-refractivity contribution in [2.75, 3.05) is 4.90 Å². The molecule has 0 N–H and O–H groups in total. The minimum atomic E-state index is -0.171. The monoisotopic (exact) mass is 739 g/mol. The molecule has 0 fully saturated rings. The number of nitrogens with zero attached hydrogens (tertiary/aromatic N) is 1. The van der Waals surface area contributed by atoms with Crippen LogP contribution in [0.2, 0.25) is 0 Å². The molecule has 1 heterocycles. The van der Waals surface area contributed by atoms with Gasteiger partial charge in [-0.15, -0.1) is 0 Å². The predicted octanol–water partition coefficient (Wildman–Crippen LogP) is 15.3. The lowest BCUT2D eigenvalue weighted by Gasteiger charge is -2.30. The van der Waals surface area contributed by atoms with E-state index in [1.807, 2.05) is 0 Å². The van der Waals surface area contributed by atoms with Gasteiger partial charge in [-0.1, -0.05) is 141 Å². The van der Waals surface area contributed by atoms with E-state index in [4.69, 9.17) is 4.42 Å². The molecule has 0 saturated heterocycles. The molecule has 57 heavy (non-hydrogen) atoms. The maximum absolute atomic E-state index is 6.68. The van der Waals surface area contributed by atoms with Gasteiger partial charge in [0.2, 0.25) is 0 Å². The summed E-state index contributed by atoms with van der Waals surface area (Å²) in [6.07, 6.45) is 0. The van der Waals surface area contributed by atoms with Gasteiger partial charge in [-0.3, -0.25) is 0 Å². The molecule has 0 spiro atoms. The lowest BCUT2D eigenvalue weighted by atomic mass is 9.81. The van der Waals surface area contributed by atoms with Crippen LogP contribution in [0.1, 0.15) is 101 Å². The van der Waals surface area contributed by atoms with Crippen molar-refractivity contribution in [1.29, 1.82) is 0 Å². The topological polar surface area (TPSA) is 16.4 Å². The summed E-state index contributed by atoms with van der Waals surface area (Å²) < 4.78 is 6.68. The Bertz CT molecular complexity index is 2930. The molecule has 2 heteroatoms.